The summed E-state index contributed by atoms with van der Waals surface area (Å²) in [6.45, 7) is 2.12. The maximum absolute atomic E-state index is 4.52. The van der Waals surface area contributed by atoms with Crippen molar-refractivity contribution in [1.29, 1.82) is 0 Å². The second kappa shape index (κ2) is 3.70. The number of pyridine rings is 1. The van der Waals surface area contributed by atoms with E-state index in [9.17, 15) is 0 Å². The van der Waals surface area contributed by atoms with Crippen LogP contribution in [0.2, 0.25) is 0 Å². The third kappa shape index (κ3) is 1.50. The number of nitrogens with zero attached hydrogens (tertiary/aromatic N) is 1. The molecule has 1 unspecified atom stereocenters. The Hall–Kier alpha value is -1.71. The van der Waals surface area contributed by atoms with E-state index in [-0.39, 0.29) is 0 Å². The second-order valence-electron chi connectivity index (χ2n) is 4.10. The first kappa shape index (κ1) is 9.51. The van der Waals surface area contributed by atoms with E-state index < -0.39 is 0 Å². The van der Waals surface area contributed by atoms with Gasteiger partial charge in [0.25, 0.3) is 0 Å². The van der Waals surface area contributed by atoms with E-state index in [1.54, 1.807) is 0 Å². The van der Waals surface area contributed by atoms with Gasteiger partial charge >= 0.3 is 0 Å². The Balaban J connectivity index is 2.06. The van der Waals surface area contributed by atoms with Crippen molar-refractivity contribution in [3.05, 3.63) is 48.3 Å². The number of aromatic nitrogens is 1. The standard InChI is InChI=1S/C13H13N3/c1-9-13-12(16-15-9)7-11(8-14-13)10-5-3-2-4-6-10/h2-9,15-16H,1H3/p+1. The van der Waals surface area contributed by atoms with Crippen LogP contribution in [0.25, 0.3) is 11.1 Å². The van der Waals surface area contributed by atoms with Gasteiger partial charge in [-0.3, -0.25) is 4.98 Å². The summed E-state index contributed by atoms with van der Waals surface area (Å²) < 4.78 is 0. The van der Waals surface area contributed by atoms with Crippen LogP contribution in [0.1, 0.15) is 18.7 Å². The van der Waals surface area contributed by atoms with Gasteiger partial charge in [-0.05, 0) is 12.5 Å². The molecule has 80 valence electrons. The van der Waals surface area contributed by atoms with Crippen molar-refractivity contribution in [3.63, 3.8) is 0 Å². The van der Waals surface area contributed by atoms with Crippen molar-refractivity contribution in [2.75, 3.05) is 0 Å². The molecular weight excluding hydrogens is 198 g/mol. The van der Waals surface area contributed by atoms with Gasteiger partial charge in [-0.15, -0.1) is 0 Å². The van der Waals surface area contributed by atoms with Gasteiger partial charge < -0.3 is 0 Å². The lowest BCUT2D eigenvalue weighted by molar-refractivity contribution is -0.628. The van der Waals surface area contributed by atoms with Crippen LogP contribution in [0, 0.1) is 0 Å². The van der Waals surface area contributed by atoms with Gasteiger partial charge in [-0.2, -0.15) is 5.43 Å². The van der Waals surface area contributed by atoms with Crippen molar-refractivity contribution in [1.82, 2.24) is 10.4 Å². The molecule has 0 radical (unpaired) electrons. The molecule has 0 saturated carbocycles. The maximum atomic E-state index is 4.52. The molecule has 3 heteroatoms. The fourth-order valence-corrected chi connectivity index (χ4v) is 2.05. The molecule has 3 nitrogen and oxygen atoms in total. The molecular formula is C13H14N3+. The Morgan fingerprint density at radius 2 is 2.00 bits per heavy atom. The number of fused-ring (bicyclic) bond motifs is 1. The topological polar surface area (TPSA) is 41.5 Å². The van der Waals surface area contributed by atoms with E-state index in [1.807, 2.05) is 29.8 Å². The van der Waals surface area contributed by atoms with Gasteiger partial charge in [0, 0.05) is 17.8 Å². The minimum absolute atomic E-state index is 0.333. The molecule has 0 bridgehead atoms. The normalized spacial score (nSPS) is 18.4. The maximum Gasteiger partial charge on any atom is 0.172 e. The highest BCUT2D eigenvalue weighted by Gasteiger charge is 2.23. The number of nitrogens with two attached hydrogens (primary N) is 1. The summed E-state index contributed by atoms with van der Waals surface area (Å²) in [6, 6.07) is 12.9. The van der Waals surface area contributed by atoms with Crippen LogP contribution < -0.4 is 10.9 Å². The fraction of sp³-hybridized carbons (Fsp3) is 0.154. The molecule has 2 heterocycles. The van der Waals surface area contributed by atoms with Gasteiger partial charge in [0.05, 0.1) is 0 Å². The van der Waals surface area contributed by atoms with Crippen molar-refractivity contribution < 1.29 is 5.43 Å². The minimum Gasteiger partial charge on any atom is -0.252 e. The highest BCUT2D eigenvalue weighted by molar-refractivity contribution is 5.65. The van der Waals surface area contributed by atoms with Crippen LogP contribution >= 0.6 is 0 Å². The number of nitrogens with one attached hydrogen (secondary N) is 1. The highest BCUT2D eigenvalue weighted by Crippen LogP contribution is 2.25. The average Bonchev–Trinajstić information content (AvgIpc) is 2.72. The SMILES string of the molecule is CC1N[NH2+]c2cc(-c3ccccc3)cnc21. The lowest BCUT2D eigenvalue weighted by atomic mass is 10.1. The van der Waals surface area contributed by atoms with E-state index in [1.165, 1.54) is 16.8 Å². The number of hydrogen-bond donors (Lipinski definition) is 2. The zero-order chi connectivity index (χ0) is 11.0. The molecule has 0 amide bonds. The first-order valence-electron chi connectivity index (χ1n) is 5.49. The van der Waals surface area contributed by atoms with E-state index >= 15 is 0 Å². The quantitative estimate of drug-likeness (QED) is 0.704. The van der Waals surface area contributed by atoms with Gasteiger partial charge in [0.1, 0.15) is 11.7 Å². The van der Waals surface area contributed by atoms with Crippen molar-refractivity contribution >= 4 is 5.69 Å². The smallest absolute Gasteiger partial charge is 0.172 e. The van der Waals surface area contributed by atoms with Crippen molar-refractivity contribution in [3.8, 4) is 11.1 Å². The lowest BCUT2D eigenvalue weighted by Gasteiger charge is -2.02. The molecule has 16 heavy (non-hydrogen) atoms. The summed E-state index contributed by atoms with van der Waals surface area (Å²) >= 11 is 0. The van der Waals surface area contributed by atoms with Gasteiger partial charge in [-0.25, -0.2) is 5.43 Å². The third-order valence-corrected chi connectivity index (χ3v) is 2.96. The average molecular weight is 212 g/mol. The predicted molar refractivity (Wildman–Crippen MR) is 62.8 cm³/mol. The largest absolute Gasteiger partial charge is 0.252 e. The summed E-state index contributed by atoms with van der Waals surface area (Å²) in [5, 5.41) is 0. The molecule has 3 rings (SSSR count). The number of hydrogen-bond acceptors (Lipinski definition) is 2. The molecule has 1 aromatic carbocycles. The van der Waals surface area contributed by atoms with E-state index in [2.05, 4.69) is 35.5 Å². The zero-order valence-corrected chi connectivity index (χ0v) is 9.14. The van der Waals surface area contributed by atoms with Crippen LogP contribution in [-0.4, -0.2) is 4.98 Å². The van der Waals surface area contributed by atoms with Gasteiger partial charge in [0.2, 0.25) is 0 Å². The summed E-state index contributed by atoms with van der Waals surface area (Å²) in [5.74, 6) is 0. The Labute approximate surface area is 94.5 Å². The van der Waals surface area contributed by atoms with Crippen LogP contribution in [0.3, 0.4) is 0 Å². The molecule has 1 aliphatic heterocycles. The van der Waals surface area contributed by atoms with Gasteiger partial charge in [0.15, 0.2) is 5.69 Å². The molecule has 1 aliphatic rings. The summed E-state index contributed by atoms with van der Waals surface area (Å²) in [4.78, 5) is 4.52. The Morgan fingerprint density at radius 3 is 2.81 bits per heavy atom. The molecule has 0 aliphatic carbocycles. The number of quaternary nitrogens is 1. The summed E-state index contributed by atoms with van der Waals surface area (Å²) in [7, 11) is 0. The van der Waals surface area contributed by atoms with E-state index in [0.717, 1.165) is 5.69 Å². The molecule has 1 aromatic heterocycles. The first-order chi connectivity index (χ1) is 7.84. The van der Waals surface area contributed by atoms with Crippen molar-refractivity contribution in [2.45, 2.75) is 13.0 Å². The van der Waals surface area contributed by atoms with Crippen LogP contribution in [0.4, 0.5) is 5.69 Å². The van der Waals surface area contributed by atoms with Gasteiger partial charge in [-0.1, -0.05) is 30.3 Å². The Kier molecular flexibility index (Phi) is 2.20. The monoisotopic (exact) mass is 212 g/mol. The molecule has 0 spiro atoms. The van der Waals surface area contributed by atoms with Crippen LogP contribution in [-0.2, 0) is 0 Å². The molecule has 1 atom stereocenters. The molecule has 0 saturated heterocycles. The lowest BCUT2D eigenvalue weighted by Crippen LogP contribution is -2.85. The van der Waals surface area contributed by atoms with E-state index in [0.29, 0.717) is 6.04 Å². The van der Waals surface area contributed by atoms with E-state index in [4.69, 9.17) is 0 Å². The predicted octanol–water partition coefficient (Wildman–Crippen LogP) is 1.52. The van der Waals surface area contributed by atoms with Crippen molar-refractivity contribution in [2.24, 2.45) is 0 Å². The first-order valence-corrected chi connectivity index (χ1v) is 5.49. The molecule has 2 aromatic rings. The number of rotatable bonds is 1. The minimum atomic E-state index is 0.333. The summed E-state index contributed by atoms with van der Waals surface area (Å²) in [5.41, 5.74) is 10.0. The highest BCUT2D eigenvalue weighted by atomic mass is 15.4. The van der Waals surface area contributed by atoms with Crippen LogP contribution in [0.5, 0.6) is 0 Å². The van der Waals surface area contributed by atoms with Crippen LogP contribution in [0.15, 0.2) is 42.6 Å². The Bertz CT molecular complexity index is 508. The summed E-state index contributed by atoms with van der Waals surface area (Å²) in [6.07, 6.45) is 1.95. The third-order valence-electron chi connectivity index (χ3n) is 2.96. The molecule has 3 N–H and O–H groups in total. The Morgan fingerprint density at radius 1 is 1.19 bits per heavy atom. The zero-order valence-electron chi connectivity index (χ0n) is 9.14. The molecule has 0 fully saturated rings. The number of benzene rings is 1. The fourth-order valence-electron chi connectivity index (χ4n) is 2.05. The second-order valence-corrected chi connectivity index (χ2v) is 4.10.